The van der Waals surface area contributed by atoms with Gasteiger partial charge in [0, 0.05) is 19.0 Å². The largest absolute Gasteiger partial charge is 0.336 e. The third-order valence-electron chi connectivity index (χ3n) is 2.94. The molecule has 0 aliphatic heterocycles. The van der Waals surface area contributed by atoms with Gasteiger partial charge in [0.2, 0.25) is 5.91 Å². The zero-order valence-corrected chi connectivity index (χ0v) is 10.4. The van der Waals surface area contributed by atoms with Crippen LogP contribution in [0.4, 0.5) is 0 Å². The fraction of sp³-hybridized carbons (Fsp3) is 0.500. The second kappa shape index (κ2) is 6.31. The van der Waals surface area contributed by atoms with Gasteiger partial charge in [-0.2, -0.15) is 0 Å². The van der Waals surface area contributed by atoms with Gasteiger partial charge < -0.3 is 4.90 Å². The van der Waals surface area contributed by atoms with E-state index in [-0.39, 0.29) is 5.91 Å². The molecule has 1 aromatic carbocycles. The number of hydrogen-bond acceptors (Lipinski definition) is 1. The lowest BCUT2D eigenvalue weighted by molar-refractivity contribution is -0.133. The molecule has 1 unspecified atom stereocenters. The van der Waals surface area contributed by atoms with E-state index in [1.165, 1.54) is 5.56 Å². The highest BCUT2D eigenvalue weighted by Crippen LogP contribution is 2.11. The molecule has 0 bridgehead atoms. The lowest BCUT2D eigenvalue weighted by Crippen LogP contribution is -2.37. The molecule has 0 saturated carbocycles. The zero-order valence-electron chi connectivity index (χ0n) is 10.4. The van der Waals surface area contributed by atoms with E-state index in [0.717, 1.165) is 13.0 Å². The fourth-order valence-corrected chi connectivity index (χ4v) is 1.69. The molecule has 0 spiro atoms. The summed E-state index contributed by atoms with van der Waals surface area (Å²) in [7, 11) is 0. The summed E-state index contributed by atoms with van der Waals surface area (Å²) in [5, 5.41) is 0. The van der Waals surface area contributed by atoms with Gasteiger partial charge in [0.15, 0.2) is 0 Å². The topological polar surface area (TPSA) is 20.3 Å². The third-order valence-corrected chi connectivity index (χ3v) is 2.94. The van der Waals surface area contributed by atoms with E-state index in [4.69, 9.17) is 0 Å². The average molecular weight is 219 g/mol. The molecular formula is C14H21NO. The molecule has 2 nitrogen and oxygen atoms in total. The highest BCUT2D eigenvalue weighted by atomic mass is 16.2. The number of hydrogen-bond donors (Lipinski definition) is 0. The monoisotopic (exact) mass is 219 g/mol. The Bertz CT molecular complexity index is 321. The molecule has 0 aliphatic rings. The molecule has 1 rings (SSSR count). The predicted molar refractivity (Wildman–Crippen MR) is 67.0 cm³/mol. The number of rotatable bonds is 5. The Labute approximate surface area is 98.3 Å². The van der Waals surface area contributed by atoms with Crippen molar-refractivity contribution in [3.05, 3.63) is 35.9 Å². The summed E-state index contributed by atoms with van der Waals surface area (Å²) in [6.07, 6.45) is 1.58. The van der Waals surface area contributed by atoms with Crippen molar-refractivity contribution in [3.63, 3.8) is 0 Å². The van der Waals surface area contributed by atoms with E-state index >= 15 is 0 Å². The molecule has 1 aromatic rings. The maximum atomic E-state index is 11.8. The minimum atomic E-state index is 0.234. The maximum absolute atomic E-state index is 11.8. The van der Waals surface area contributed by atoms with Crippen molar-refractivity contribution in [2.24, 2.45) is 0 Å². The highest BCUT2D eigenvalue weighted by Gasteiger charge is 2.17. The minimum Gasteiger partial charge on any atom is -0.336 e. The van der Waals surface area contributed by atoms with E-state index in [2.05, 4.69) is 26.0 Å². The van der Waals surface area contributed by atoms with E-state index in [1.54, 1.807) is 0 Å². The first-order valence-electron chi connectivity index (χ1n) is 6.02. The molecule has 1 atom stereocenters. The standard InChI is InChI=1S/C14H21NO/c1-4-12(3)15(14(16)5-2)11-13-9-7-6-8-10-13/h6-10,12H,4-5,11H2,1-3H3. The summed E-state index contributed by atoms with van der Waals surface area (Å²) in [4.78, 5) is 13.8. The van der Waals surface area contributed by atoms with Gasteiger partial charge in [-0.15, -0.1) is 0 Å². The summed E-state index contributed by atoms with van der Waals surface area (Å²) in [6, 6.07) is 10.5. The number of nitrogens with zero attached hydrogens (tertiary/aromatic N) is 1. The number of carbonyl (C=O) groups excluding carboxylic acids is 1. The van der Waals surface area contributed by atoms with Crippen LogP contribution in [0.3, 0.4) is 0 Å². The molecule has 1 amide bonds. The van der Waals surface area contributed by atoms with Crippen molar-refractivity contribution in [1.82, 2.24) is 4.90 Å². The quantitative estimate of drug-likeness (QED) is 0.744. The number of carbonyl (C=O) groups is 1. The Balaban J connectivity index is 2.75. The molecule has 0 heterocycles. The van der Waals surface area contributed by atoms with E-state index in [0.29, 0.717) is 12.5 Å². The highest BCUT2D eigenvalue weighted by molar-refractivity contribution is 5.76. The lowest BCUT2D eigenvalue weighted by atomic mass is 10.1. The fourth-order valence-electron chi connectivity index (χ4n) is 1.69. The van der Waals surface area contributed by atoms with Gasteiger partial charge in [-0.25, -0.2) is 0 Å². The summed E-state index contributed by atoms with van der Waals surface area (Å²) < 4.78 is 0. The predicted octanol–water partition coefficient (Wildman–Crippen LogP) is 3.22. The van der Waals surface area contributed by atoms with Gasteiger partial charge in [-0.05, 0) is 18.9 Å². The molecule has 0 aromatic heterocycles. The average Bonchev–Trinajstić information content (AvgIpc) is 2.35. The van der Waals surface area contributed by atoms with E-state index in [1.807, 2.05) is 30.0 Å². The molecular weight excluding hydrogens is 198 g/mol. The van der Waals surface area contributed by atoms with Gasteiger partial charge in [-0.3, -0.25) is 4.79 Å². The first kappa shape index (κ1) is 12.8. The van der Waals surface area contributed by atoms with Crippen LogP contribution in [-0.2, 0) is 11.3 Å². The first-order chi connectivity index (χ1) is 7.69. The molecule has 16 heavy (non-hydrogen) atoms. The van der Waals surface area contributed by atoms with Crippen LogP contribution < -0.4 is 0 Å². The van der Waals surface area contributed by atoms with Crippen LogP contribution in [0.25, 0.3) is 0 Å². The van der Waals surface area contributed by atoms with Crippen molar-refractivity contribution in [2.75, 3.05) is 0 Å². The van der Waals surface area contributed by atoms with Gasteiger partial charge in [-0.1, -0.05) is 44.2 Å². The van der Waals surface area contributed by atoms with Crippen LogP contribution in [-0.4, -0.2) is 16.8 Å². The Kier molecular flexibility index (Phi) is 5.03. The minimum absolute atomic E-state index is 0.234. The van der Waals surface area contributed by atoms with Gasteiger partial charge >= 0.3 is 0 Å². The second-order valence-electron chi connectivity index (χ2n) is 4.12. The van der Waals surface area contributed by atoms with Crippen molar-refractivity contribution in [3.8, 4) is 0 Å². The smallest absolute Gasteiger partial charge is 0.222 e. The molecule has 88 valence electrons. The second-order valence-corrected chi connectivity index (χ2v) is 4.12. The summed E-state index contributed by atoms with van der Waals surface area (Å²) >= 11 is 0. The molecule has 0 fully saturated rings. The molecule has 0 N–H and O–H groups in total. The lowest BCUT2D eigenvalue weighted by Gasteiger charge is -2.28. The van der Waals surface area contributed by atoms with Crippen molar-refractivity contribution in [2.45, 2.75) is 46.2 Å². The third kappa shape index (κ3) is 3.37. The summed E-state index contributed by atoms with van der Waals surface area (Å²) in [6.45, 7) is 6.87. The normalized spacial score (nSPS) is 12.2. The van der Waals surface area contributed by atoms with Crippen LogP contribution in [0.1, 0.15) is 39.2 Å². The van der Waals surface area contributed by atoms with E-state index in [9.17, 15) is 4.79 Å². The van der Waals surface area contributed by atoms with Crippen molar-refractivity contribution < 1.29 is 4.79 Å². The Morgan fingerprint density at radius 1 is 1.25 bits per heavy atom. The van der Waals surface area contributed by atoms with Gasteiger partial charge in [0.25, 0.3) is 0 Å². The SMILES string of the molecule is CCC(=O)N(Cc1ccccc1)C(C)CC. The van der Waals surface area contributed by atoms with Crippen molar-refractivity contribution >= 4 is 5.91 Å². The van der Waals surface area contributed by atoms with Crippen LogP contribution in [0.15, 0.2) is 30.3 Å². The Hall–Kier alpha value is -1.31. The summed E-state index contributed by atoms with van der Waals surface area (Å²) in [5.74, 6) is 0.234. The molecule has 0 saturated heterocycles. The number of amides is 1. The Morgan fingerprint density at radius 2 is 1.88 bits per heavy atom. The first-order valence-corrected chi connectivity index (χ1v) is 6.02. The van der Waals surface area contributed by atoms with Crippen LogP contribution in [0.5, 0.6) is 0 Å². The maximum Gasteiger partial charge on any atom is 0.222 e. The van der Waals surface area contributed by atoms with Crippen molar-refractivity contribution in [1.29, 1.82) is 0 Å². The summed E-state index contributed by atoms with van der Waals surface area (Å²) in [5.41, 5.74) is 1.20. The van der Waals surface area contributed by atoms with Gasteiger partial charge in [0.1, 0.15) is 0 Å². The van der Waals surface area contributed by atoms with E-state index < -0.39 is 0 Å². The molecule has 0 radical (unpaired) electrons. The zero-order chi connectivity index (χ0) is 12.0. The molecule has 2 heteroatoms. The van der Waals surface area contributed by atoms with Crippen LogP contribution in [0, 0.1) is 0 Å². The van der Waals surface area contributed by atoms with Crippen LogP contribution >= 0.6 is 0 Å². The Morgan fingerprint density at radius 3 is 2.38 bits per heavy atom. The van der Waals surface area contributed by atoms with Gasteiger partial charge in [0.05, 0.1) is 0 Å². The van der Waals surface area contributed by atoms with Crippen LogP contribution in [0.2, 0.25) is 0 Å². The number of benzene rings is 1. The molecule has 0 aliphatic carbocycles.